The summed E-state index contributed by atoms with van der Waals surface area (Å²) in [7, 11) is 0. The Morgan fingerprint density at radius 1 is 1.24 bits per heavy atom. The van der Waals surface area contributed by atoms with Crippen LogP contribution in [0.1, 0.15) is 50.2 Å². The van der Waals surface area contributed by atoms with Crippen LogP contribution in [-0.2, 0) is 16.8 Å². The molecule has 1 fully saturated rings. The minimum Gasteiger partial charge on any atom is -0.319 e. The predicted octanol–water partition coefficient (Wildman–Crippen LogP) is 2.96. The number of imide groups is 1. The molecule has 1 spiro atoms. The van der Waals surface area contributed by atoms with Crippen molar-refractivity contribution < 1.29 is 9.59 Å². The minimum absolute atomic E-state index is 0.0599. The lowest BCUT2D eigenvalue weighted by Gasteiger charge is -2.27. The predicted molar refractivity (Wildman–Crippen MR) is 80.8 cm³/mol. The monoisotopic (exact) mass is 286 g/mol. The van der Waals surface area contributed by atoms with Crippen LogP contribution in [0.4, 0.5) is 4.79 Å². The number of nitrogens with zero attached hydrogens (tertiary/aromatic N) is 1. The molecule has 3 rings (SSSR count). The van der Waals surface area contributed by atoms with Crippen LogP contribution >= 0.6 is 0 Å². The Morgan fingerprint density at radius 3 is 2.86 bits per heavy atom. The molecule has 2 aliphatic rings. The molecule has 0 bridgehead atoms. The summed E-state index contributed by atoms with van der Waals surface area (Å²) in [6, 6.07) is 7.82. The van der Waals surface area contributed by atoms with Crippen LogP contribution in [0.5, 0.6) is 0 Å². The van der Waals surface area contributed by atoms with Gasteiger partial charge in [0.15, 0.2) is 0 Å². The van der Waals surface area contributed by atoms with Gasteiger partial charge in [0, 0.05) is 6.54 Å². The number of amides is 3. The molecular formula is C17H22N2O2. The highest BCUT2D eigenvalue weighted by Gasteiger charge is 2.52. The third kappa shape index (κ3) is 2.23. The lowest BCUT2D eigenvalue weighted by molar-refractivity contribution is -0.132. The smallest absolute Gasteiger partial charge is 0.319 e. The van der Waals surface area contributed by atoms with Gasteiger partial charge in [-0.05, 0) is 43.2 Å². The molecule has 1 aromatic carbocycles. The first-order valence-electron chi connectivity index (χ1n) is 7.91. The highest BCUT2D eigenvalue weighted by molar-refractivity contribution is 6.07. The topological polar surface area (TPSA) is 49.4 Å². The van der Waals surface area contributed by atoms with E-state index in [-0.39, 0.29) is 11.9 Å². The number of rotatable bonds is 3. The van der Waals surface area contributed by atoms with E-state index in [1.54, 1.807) is 0 Å². The molecule has 4 heteroatoms. The SMILES string of the molecule is CCCCN1C(=O)NC2(CCCCc3ccccc32)C1=O. The highest BCUT2D eigenvalue weighted by atomic mass is 16.2. The van der Waals surface area contributed by atoms with E-state index in [1.807, 2.05) is 18.2 Å². The fourth-order valence-electron chi connectivity index (χ4n) is 3.49. The Kier molecular flexibility index (Phi) is 3.70. The molecule has 1 aromatic rings. The molecule has 1 N–H and O–H groups in total. The second kappa shape index (κ2) is 5.51. The van der Waals surface area contributed by atoms with Crippen LogP contribution in [0.25, 0.3) is 0 Å². The second-order valence-electron chi connectivity index (χ2n) is 6.01. The molecule has 3 amide bonds. The largest absolute Gasteiger partial charge is 0.325 e. The maximum absolute atomic E-state index is 13.0. The van der Waals surface area contributed by atoms with Crippen molar-refractivity contribution in [2.24, 2.45) is 0 Å². The number of fused-ring (bicyclic) bond motifs is 2. The van der Waals surface area contributed by atoms with Gasteiger partial charge in [-0.25, -0.2) is 4.79 Å². The molecule has 112 valence electrons. The van der Waals surface area contributed by atoms with Gasteiger partial charge in [-0.3, -0.25) is 9.69 Å². The van der Waals surface area contributed by atoms with Gasteiger partial charge in [0.2, 0.25) is 0 Å². The summed E-state index contributed by atoms with van der Waals surface area (Å²) < 4.78 is 0. The molecule has 1 atom stereocenters. The number of benzene rings is 1. The third-order valence-electron chi connectivity index (χ3n) is 4.64. The normalized spacial score (nSPS) is 24.9. The first-order valence-corrected chi connectivity index (χ1v) is 7.91. The Balaban J connectivity index is 2.01. The van der Waals surface area contributed by atoms with Crippen molar-refractivity contribution in [2.75, 3.05) is 6.54 Å². The van der Waals surface area contributed by atoms with Gasteiger partial charge in [-0.2, -0.15) is 0 Å². The second-order valence-corrected chi connectivity index (χ2v) is 6.01. The Morgan fingerprint density at radius 2 is 2.05 bits per heavy atom. The van der Waals surface area contributed by atoms with Crippen LogP contribution in [0, 0.1) is 0 Å². The zero-order chi connectivity index (χ0) is 14.9. The molecule has 0 saturated carbocycles. The van der Waals surface area contributed by atoms with Crippen molar-refractivity contribution in [3.05, 3.63) is 35.4 Å². The quantitative estimate of drug-likeness (QED) is 0.868. The fourth-order valence-corrected chi connectivity index (χ4v) is 3.49. The molecule has 1 aliphatic carbocycles. The van der Waals surface area contributed by atoms with Crippen LogP contribution in [-0.4, -0.2) is 23.4 Å². The van der Waals surface area contributed by atoms with Crippen LogP contribution in [0.15, 0.2) is 24.3 Å². The summed E-state index contributed by atoms with van der Waals surface area (Å²) in [4.78, 5) is 26.6. The zero-order valence-corrected chi connectivity index (χ0v) is 12.5. The molecule has 1 saturated heterocycles. The van der Waals surface area contributed by atoms with Gasteiger partial charge < -0.3 is 5.32 Å². The van der Waals surface area contributed by atoms with Gasteiger partial charge >= 0.3 is 6.03 Å². The Hall–Kier alpha value is -1.84. The van der Waals surface area contributed by atoms with E-state index >= 15 is 0 Å². The highest BCUT2D eigenvalue weighted by Crippen LogP contribution is 2.38. The lowest BCUT2D eigenvalue weighted by atomic mass is 9.84. The fraction of sp³-hybridized carbons (Fsp3) is 0.529. The number of aryl methyl sites for hydroxylation is 1. The first kappa shape index (κ1) is 14.1. The standard InChI is InChI=1S/C17H22N2O2/c1-2-3-12-19-15(20)17(18-16(19)21)11-7-6-9-13-8-4-5-10-14(13)17/h4-5,8,10H,2-3,6-7,9,11-12H2,1H3,(H,18,21). The maximum atomic E-state index is 13.0. The van der Waals surface area contributed by atoms with Gasteiger partial charge in [0.05, 0.1) is 0 Å². The van der Waals surface area contributed by atoms with E-state index < -0.39 is 5.54 Å². The zero-order valence-electron chi connectivity index (χ0n) is 12.5. The summed E-state index contributed by atoms with van der Waals surface area (Å²) >= 11 is 0. The number of carbonyl (C=O) groups is 2. The molecule has 0 aromatic heterocycles. The van der Waals surface area contributed by atoms with E-state index in [2.05, 4.69) is 18.3 Å². The van der Waals surface area contributed by atoms with E-state index in [9.17, 15) is 9.59 Å². The number of urea groups is 1. The molecule has 0 radical (unpaired) electrons. The van der Waals surface area contributed by atoms with Crippen molar-refractivity contribution >= 4 is 11.9 Å². The summed E-state index contributed by atoms with van der Waals surface area (Å²) in [6.45, 7) is 2.58. The van der Waals surface area contributed by atoms with E-state index in [0.717, 1.165) is 37.7 Å². The summed E-state index contributed by atoms with van der Waals surface area (Å²) in [6.07, 6.45) is 5.55. The molecule has 21 heavy (non-hydrogen) atoms. The van der Waals surface area contributed by atoms with E-state index in [4.69, 9.17) is 0 Å². The van der Waals surface area contributed by atoms with Crippen LogP contribution < -0.4 is 5.32 Å². The van der Waals surface area contributed by atoms with Gasteiger partial charge in [-0.1, -0.05) is 37.6 Å². The summed E-state index contributed by atoms with van der Waals surface area (Å²) in [5.74, 6) is -0.0599. The van der Waals surface area contributed by atoms with Crippen molar-refractivity contribution in [3.63, 3.8) is 0 Å². The van der Waals surface area contributed by atoms with E-state index in [1.165, 1.54) is 10.5 Å². The average Bonchev–Trinajstić information content (AvgIpc) is 2.64. The van der Waals surface area contributed by atoms with Gasteiger partial charge in [0.25, 0.3) is 5.91 Å². The minimum atomic E-state index is -0.822. The number of hydrogen-bond acceptors (Lipinski definition) is 2. The number of hydrogen-bond donors (Lipinski definition) is 1. The maximum Gasteiger partial charge on any atom is 0.325 e. The number of carbonyl (C=O) groups excluding carboxylic acids is 2. The average molecular weight is 286 g/mol. The Bertz CT molecular complexity index is 570. The summed E-state index contributed by atoms with van der Waals surface area (Å²) in [5, 5.41) is 3.01. The molecule has 1 aliphatic heterocycles. The first-order chi connectivity index (χ1) is 10.2. The number of nitrogens with one attached hydrogen (secondary N) is 1. The Labute approximate surface area is 125 Å². The molecular weight excluding hydrogens is 264 g/mol. The molecule has 1 unspecified atom stereocenters. The van der Waals surface area contributed by atoms with E-state index in [0.29, 0.717) is 13.0 Å². The number of unbranched alkanes of at least 4 members (excludes halogenated alkanes) is 1. The summed E-state index contributed by atoms with van der Waals surface area (Å²) in [5.41, 5.74) is 1.37. The van der Waals surface area contributed by atoms with Crippen LogP contribution in [0.3, 0.4) is 0 Å². The van der Waals surface area contributed by atoms with Gasteiger partial charge in [-0.15, -0.1) is 0 Å². The lowest BCUT2D eigenvalue weighted by Crippen LogP contribution is -2.44. The van der Waals surface area contributed by atoms with Gasteiger partial charge in [0.1, 0.15) is 5.54 Å². The van der Waals surface area contributed by atoms with Crippen LogP contribution in [0.2, 0.25) is 0 Å². The van der Waals surface area contributed by atoms with Crippen molar-refractivity contribution in [1.29, 1.82) is 0 Å². The van der Waals surface area contributed by atoms with Crippen molar-refractivity contribution in [2.45, 2.75) is 51.0 Å². The molecule has 4 nitrogen and oxygen atoms in total. The van der Waals surface area contributed by atoms with Crippen molar-refractivity contribution in [1.82, 2.24) is 10.2 Å². The third-order valence-corrected chi connectivity index (χ3v) is 4.64. The molecule has 1 heterocycles. The van der Waals surface area contributed by atoms with Crippen molar-refractivity contribution in [3.8, 4) is 0 Å².